The molecule has 1 fully saturated rings. The maximum Gasteiger partial charge on any atom is 0.111 e. The summed E-state index contributed by atoms with van der Waals surface area (Å²) in [6, 6.07) is 0.581. The van der Waals surface area contributed by atoms with Gasteiger partial charge in [-0.3, -0.25) is 4.99 Å². The molecule has 1 aliphatic rings. The van der Waals surface area contributed by atoms with Crippen molar-refractivity contribution in [3.8, 4) is 0 Å². The van der Waals surface area contributed by atoms with E-state index in [2.05, 4.69) is 17.3 Å². The van der Waals surface area contributed by atoms with Crippen molar-refractivity contribution in [3.63, 3.8) is 0 Å². The summed E-state index contributed by atoms with van der Waals surface area (Å²) in [5.41, 5.74) is 2.66. The quantitative estimate of drug-likeness (QED) is 0.277. The zero-order valence-electron chi connectivity index (χ0n) is 7.14. The van der Waals surface area contributed by atoms with E-state index in [4.69, 9.17) is 5.84 Å². The topological polar surface area (TPSA) is 50.4 Å². The maximum absolute atomic E-state index is 5.31. The van der Waals surface area contributed by atoms with Crippen LogP contribution in [0.1, 0.15) is 39.0 Å². The molecule has 1 aliphatic carbocycles. The Morgan fingerprint density at radius 2 is 2.36 bits per heavy atom. The SMILES string of the molecule is CCCCC(=NC1CC1)NN. The molecule has 3 nitrogen and oxygen atoms in total. The van der Waals surface area contributed by atoms with Crippen LogP contribution in [0.4, 0.5) is 0 Å². The number of hydrogen-bond acceptors (Lipinski definition) is 2. The Kier molecular flexibility index (Phi) is 3.36. The van der Waals surface area contributed by atoms with Crippen LogP contribution in [-0.4, -0.2) is 11.9 Å². The molecular weight excluding hydrogens is 138 g/mol. The summed E-state index contributed by atoms with van der Waals surface area (Å²) in [5, 5.41) is 0. The van der Waals surface area contributed by atoms with Crippen molar-refractivity contribution in [3.05, 3.63) is 0 Å². The van der Waals surface area contributed by atoms with Gasteiger partial charge in [0.25, 0.3) is 0 Å². The first-order valence-electron chi connectivity index (χ1n) is 4.40. The van der Waals surface area contributed by atoms with E-state index in [1.165, 1.54) is 25.7 Å². The molecular formula is C8H17N3. The monoisotopic (exact) mass is 155 g/mol. The van der Waals surface area contributed by atoms with E-state index >= 15 is 0 Å². The van der Waals surface area contributed by atoms with Crippen LogP contribution >= 0.6 is 0 Å². The van der Waals surface area contributed by atoms with E-state index in [9.17, 15) is 0 Å². The van der Waals surface area contributed by atoms with Gasteiger partial charge in [0.1, 0.15) is 5.84 Å². The second-order valence-electron chi connectivity index (χ2n) is 3.05. The molecule has 1 saturated carbocycles. The fourth-order valence-electron chi connectivity index (χ4n) is 0.942. The first-order valence-corrected chi connectivity index (χ1v) is 4.40. The number of nitrogens with zero attached hydrogens (tertiary/aromatic N) is 1. The number of amidine groups is 1. The molecule has 64 valence electrons. The molecule has 1 rings (SSSR count). The Hall–Kier alpha value is -0.570. The molecule has 0 heterocycles. The van der Waals surface area contributed by atoms with E-state index in [0.29, 0.717) is 6.04 Å². The van der Waals surface area contributed by atoms with Crippen LogP contribution in [0.25, 0.3) is 0 Å². The lowest BCUT2D eigenvalue weighted by molar-refractivity contribution is 0.799. The number of aliphatic imine (C=N–C) groups is 1. The first kappa shape index (κ1) is 8.53. The minimum atomic E-state index is 0.581. The molecule has 0 atom stereocenters. The Bertz CT molecular complexity index is 138. The molecule has 0 amide bonds. The van der Waals surface area contributed by atoms with E-state index < -0.39 is 0 Å². The Labute approximate surface area is 68.0 Å². The van der Waals surface area contributed by atoms with Crippen molar-refractivity contribution >= 4 is 5.84 Å². The second-order valence-corrected chi connectivity index (χ2v) is 3.05. The molecule has 0 radical (unpaired) electrons. The molecule has 0 aromatic rings. The largest absolute Gasteiger partial charge is 0.312 e. The number of nitrogens with two attached hydrogens (primary N) is 1. The standard InChI is InChI=1S/C8H17N3/c1-2-3-4-8(11-9)10-7-5-6-7/h7H,2-6,9H2,1H3,(H,10,11). The average Bonchev–Trinajstić information content (AvgIpc) is 2.81. The summed E-state index contributed by atoms with van der Waals surface area (Å²) < 4.78 is 0. The summed E-state index contributed by atoms with van der Waals surface area (Å²) >= 11 is 0. The minimum absolute atomic E-state index is 0.581. The van der Waals surface area contributed by atoms with Gasteiger partial charge in [0, 0.05) is 6.42 Å². The molecule has 0 unspecified atom stereocenters. The van der Waals surface area contributed by atoms with Gasteiger partial charge in [0.2, 0.25) is 0 Å². The van der Waals surface area contributed by atoms with Gasteiger partial charge in [-0.2, -0.15) is 0 Å². The lowest BCUT2D eigenvalue weighted by Crippen LogP contribution is -2.30. The van der Waals surface area contributed by atoms with Crippen molar-refractivity contribution in [2.75, 3.05) is 0 Å². The van der Waals surface area contributed by atoms with E-state index in [-0.39, 0.29) is 0 Å². The molecule has 0 bridgehead atoms. The Morgan fingerprint density at radius 1 is 1.64 bits per heavy atom. The Balaban J connectivity index is 2.22. The van der Waals surface area contributed by atoms with Crippen molar-refractivity contribution in [1.82, 2.24) is 5.43 Å². The fraction of sp³-hybridized carbons (Fsp3) is 0.875. The number of hydrazine groups is 1. The number of unbranched alkanes of at least 4 members (excludes halogenated alkanes) is 1. The number of rotatable bonds is 4. The van der Waals surface area contributed by atoms with E-state index in [1.54, 1.807) is 0 Å². The normalized spacial score (nSPS) is 18.5. The first-order chi connectivity index (χ1) is 5.36. The molecule has 0 aromatic heterocycles. The second kappa shape index (κ2) is 4.34. The zero-order valence-corrected chi connectivity index (χ0v) is 7.14. The van der Waals surface area contributed by atoms with Gasteiger partial charge < -0.3 is 5.43 Å². The average molecular weight is 155 g/mol. The van der Waals surface area contributed by atoms with Crippen LogP contribution in [0.3, 0.4) is 0 Å². The Morgan fingerprint density at radius 3 is 2.82 bits per heavy atom. The lowest BCUT2D eigenvalue weighted by Gasteiger charge is -2.03. The molecule has 3 heteroatoms. The minimum Gasteiger partial charge on any atom is -0.312 e. The number of nitrogens with one attached hydrogen (secondary N) is 1. The smallest absolute Gasteiger partial charge is 0.111 e. The lowest BCUT2D eigenvalue weighted by atomic mass is 10.2. The predicted octanol–water partition coefficient (Wildman–Crippen LogP) is 1.20. The zero-order chi connectivity index (χ0) is 8.10. The molecule has 0 saturated heterocycles. The van der Waals surface area contributed by atoms with Crippen LogP contribution < -0.4 is 11.3 Å². The van der Waals surface area contributed by atoms with E-state index in [0.717, 1.165) is 12.3 Å². The molecule has 0 aliphatic heterocycles. The van der Waals surface area contributed by atoms with Gasteiger partial charge in [0.15, 0.2) is 0 Å². The van der Waals surface area contributed by atoms with Crippen molar-refractivity contribution in [1.29, 1.82) is 0 Å². The third-order valence-electron chi connectivity index (χ3n) is 1.82. The van der Waals surface area contributed by atoms with Crippen molar-refractivity contribution < 1.29 is 0 Å². The maximum atomic E-state index is 5.31. The highest BCUT2D eigenvalue weighted by molar-refractivity contribution is 5.81. The fourth-order valence-corrected chi connectivity index (χ4v) is 0.942. The molecule has 0 aromatic carbocycles. The van der Waals surface area contributed by atoms with Crippen LogP contribution in [-0.2, 0) is 0 Å². The van der Waals surface area contributed by atoms with Crippen LogP contribution in [0.15, 0.2) is 4.99 Å². The third-order valence-corrected chi connectivity index (χ3v) is 1.82. The van der Waals surface area contributed by atoms with Crippen molar-refractivity contribution in [2.24, 2.45) is 10.8 Å². The summed E-state index contributed by atoms with van der Waals surface area (Å²) in [4.78, 5) is 4.42. The molecule has 3 N–H and O–H groups in total. The highest BCUT2D eigenvalue weighted by Gasteiger charge is 2.20. The van der Waals surface area contributed by atoms with Gasteiger partial charge in [-0.25, -0.2) is 5.84 Å². The van der Waals surface area contributed by atoms with Gasteiger partial charge in [-0.1, -0.05) is 13.3 Å². The van der Waals surface area contributed by atoms with Crippen LogP contribution in [0.5, 0.6) is 0 Å². The highest BCUT2D eigenvalue weighted by Crippen LogP contribution is 2.23. The summed E-state index contributed by atoms with van der Waals surface area (Å²) in [7, 11) is 0. The summed E-state index contributed by atoms with van der Waals surface area (Å²) in [6.07, 6.45) is 5.87. The summed E-state index contributed by atoms with van der Waals surface area (Å²) in [5.74, 6) is 6.29. The molecule has 11 heavy (non-hydrogen) atoms. The number of hydrogen-bond donors (Lipinski definition) is 2. The van der Waals surface area contributed by atoms with Gasteiger partial charge in [-0.15, -0.1) is 0 Å². The predicted molar refractivity (Wildman–Crippen MR) is 47.3 cm³/mol. The van der Waals surface area contributed by atoms with Crippen LogP contribution in [0, 0.1) is 0 Å². The van der Waals surface area contributed by atoms with Gasteiger partial charge >= 0.3 is 0 Å². The van der Waals surface area contributed by atoms with Gasteiger partial charge in [-0.05, 0) is 19.3 Å². The summed E-state index contributed by atoms with van der Waals surface area (Å²) in [6.45, 7) is 2.17. The third kappa shape index (κ3) is 3.37. The van der Waals surface area contributed by atoms with E-state index in [1.807, 2.05) is 0 Å². The van der Waals surface area contributed by atoms with Gasteiger partial charge in [0.05, 0.1) is 6.04 Å². The van der Waals surface area contributed by atoms with Crippen LogP contribution in [0.2, 0.25) is 0 Å². The highest BCUT2D eigenvalue weighted by atomic mass is 15.3. The van der Waals surface area contributed by atoms with Crippen molar-refractivity contribution in [2.45, 2.75) is 45.1 Å². The molecule has 0 spiro atoms.